The van der Waals surface area contributed by atoms with E-state index in [0.717, 1.165) is 32.1 Å². The van der Waals surface area contributed by atoms with Gasteiger partial charge in [-0.2, -0.15) is 0 Å². The van der Waals surface area contributed by atoms with Crippen LogP contribution in [0.25, 0.3) is 0 Å². The molecule has 2 atom stereocenters. The molecule has 1 amide bonds. The van der Waals surface area contributed by atoms with Crippen LogP contribution in [0.15, 0.2) is 0 Å². The maximum atomic E-state index is 11.6. The Balaban J connectivity index is 1.90. The number of amides is 1. The van der Waals surface area contributed by atoms with Gasteiger partial charge < -0.3 is 10.5 Å². The minimum atomic E-state index is -0.234. The first kappa shape index (κ1) is 23.0. The van der Waals surface area contributed by atoms with Gasteiger partial charge in [-0.1, -0.05) is 84.0 Å². The zero-order valence-corrected chi connectivity index (χ0v) is 17.0. The lowest BCUT2D eigenvalue weighted by molar-refractivity contribution is -0.186. The van der Waals surface area contributed by atoms with E-state index in [2.05, 4.69) is 6.92 Å². The quantitative estimate of drug-likeness (QED) is 0.251. The van der Waals surface area contributed by atoms with E-state index < -0.39 is 0 Å². The average molecular weight is 368 g/mol. The number of cyclic esters (lactones) is 1. The van der Waals surface area contributed by atoms with Gasteiger partial charge in [0.2, 0.25) is 5.91 Å². The molecular formula is C22H41NO3. The topological polar surface area (TPSA) is 69.4 Å². The highest BCUT2D eigenvalue weighted by molar-refractivity contribution is 5.78. The van der Waals surface area contributed by atoms with Crippen LogP contribution in [0.5, 0.6) is 0 Å². The van der Waals surface area contributed by atoms with Crippen LogP contribution in [-0.2, 0) is 14.3 Å². The number of rotatable bonds is 18. The summed E-state index contributed by atoms with van der Waals surface area (Å²) < 4.78 is 5.33. The molecule has 26 heavy (non-hydrogen) atoms. The molecule has 0 radical (unpaired) electrons. The van der Waals surface area contributed by atoms with Crippen molar-refractivity contribution in [1.82, 2.24) is 0 Å². The monoisotopic (exact) mass is 367 g/mol. The van der Waals surface area contributed by atoms with Crippen LogP contribution in [0.1, 0.15) is 116 Å². The molecule has 1 saturated heterocycles. The normalized spacial score (nSPS) is 19.2. The molecule has 1 aliphatic heterocycles. The fourth-order valence-electron chi connectivity index (χ4n) is 3.81. The fraction of sp³-hybridized carbons (Fsp3) is 0.909. The molecule has 2 N–H and O–H groups in total. The molecule has 0 unspecified atom stereocenters. The Morgan fingerprint density at radius 2 is 1.31 bits per heavy atom. The van der Waals surface area contributed by atoms with Gasteiger partial charge in [0.05, 0.1) is 5.92 Å². The summed E-state index contributed by atoms with van der Waals surface area (Å²) in [4.78, 5) is 22.3. The van der Waals surface area contributed by atoms with E-state index in [1.807, 2.05) is 0 Å². The Morgan fingerprint density at radius 3 is 1.85 bits per heavy atom. The number of primary amides is 1. The molecule has 1 fully saturated rings. The number of esters is 1. The second kappa shape index (κ2) is 15.0. The van der Waals surface area contributed by atoms with Crippen LogP contribution in [0, 0.1) is 5.92 Å². The predicted octanol–water partition coefficient (Wildman–Crippen LogP) is 5.66. The smallest absolute Gasteiger partial charge is 0.313 e. The van der Waals surface area contributed by atoms with Crippen LogP contribution >= 0.6 is 0 Å². The summed E-state index contributed by atoms with van der Waals surface area (Å²) in [6.07, 6.45) is 20.1. The summed E-state index contributed by atoms with van der Waals surface area (Å²) in [5.74, 6) is -0.151. The van der Waals surface area contributed by atoms with E-state index in [4.69, 9.17) is 10.5 Å². The first-order valence-electron chi connectivity index (χ1n) is 11.1. The Labute approximate surface area is 160 Å². The summed E-state index contributed by atoms with van der Waals surface area (Å²) >= 11 is 0. The van der Waals surface area contributed by atoms with Gasteiger partial charge in [-0.05, 0) is 25.7 Å². The third-order valence-electron chi connectivity index (χ3n) is 5.55. The van der Waals surface area contributed by atoms with Crippen molar-refractivity contribution in [2.75, 3.05) is 0 Å². The maximum absolute atomic E-state index is 11.6. The Hall–Kier alpha value is -1.06. The van der Waals surface area contributed by atoms with Gasteiger partial charge in [0.1, 0.15) is 6.10 Å². The number of ether oxygens (including phenoxy) is 1. The SMILES string of the molecule is CCCCCCCCCCCCC[C@@H]1OC(=O)[C@H]1CCCCCC(N)=O. The van der Waals surface area contributed by atoms with Crippen molar-refractivity contribution in [3.05, 3.63) is 0 Å². The summed E-state index contributed by atoms with van der Waals surface area (Å²) in [5.41, 5.74) is 5.13. The Kier molecular flexibility index (Phi) is 13.3. The standard InChI is InChI=1S/C22H41NO3/c1-2-3-4-5-6-7-8-9-10-11-14-17-20-19(22(25)26-20)16-13-12-15-18-21(23)24/h19-20H,2-18H2,1H3,(H2,23,24)/t19-,20-/m0/s1. The van der Waals surface area contributed by atoms with E-state index in [1.165, 1.54) is 70.6 Å². The lowest BCUT2D eigenvalue weighted by Crippen LogP contribution is -2.44. The number of hydrogen-bond acceptors (Lipinski definition) is 3. The highest BCUT2D eigenvalue weighted by Crippen LogP contribution is 2.31. The van der Waals surface area contributed by atoms with Crippen molar-refractivity contribution in [2.45, 2.75) is 122 Å². The first-order valence-corrected chi connectivity index (χ1v) is 11.1. The minimum absolute atomic E-state index is 0.0204. The molecule has 152 valence electrons. The molecule has 0 aromatic carbocycles. The third kappa shape index (κ3) is 10.8. The molecule has 1 heterocycles. The van der Waals surface area contributed by atoms with Crippen LogP contribution in [-0.4, -0.2) is 18.0 Å². The van der Waals surface area contributed by atoms with Crippen LogP contribution in [0.2, 0.25) is 0 Å². The molecule has 0 aromatic rings. The van der Waals surface area contributed by atoms with Gasteiger partial charge in [-0.3, -0.25) is 9.59 Å². The van der Waals surface area contributed by atoms with Gasteiger partial charge in [-0.15, -0.1) is 0 Å². The van der Waals surface area contributed by atoms with Gasteiger partial charge in [0.15, 0.2) is 0 Å². The van der Waals surface area contributed by atoms with E-state index in [-0.39, 0.29) is 23.9 Å². The number of carbonyl (C=O) groups is 2. The fourth-order valence-corrected chi connectivity index (χ4v) is 3.81. The largest absolute Gasteiger partial charge is 0.461 e. The van der Waals surface area contributed by atoms with E-state index in [0.29, 0.717) is 6.42 Å². The predicted molar refractivity (Wildman–Crippen MR) is 107 cm³/mol. The molecule has 0 bridgehead atoms. The van der Waals surface area contributed by atoms with E-state index >= 15 is 0 Å². The molecule has 1 rings (SSSR count). The highest BCUT2D eigenvalue weighted by Gasteiger charge is 2.40. The third-order valence-corrected chi connectivity index (χ3v) is 5.55. The highest BCUT2D eigenvalue weighted by atomic mass is 16.6. The van der Waals surface area contributed by atoms with E-state index in [1.54, 1.807) is 0 Å². The van der Waals surface area contributed by atoms with Gasteiger partial charge in [0, 0.05) is 6.42 Å². The zero-order valence-electron chi connectivity index (χ0n) is 17.0. The van der Waals surface area contributed by atoms with Gasteiger partial charge in [0.25, 0.3) is 0 Å². The number of hydrogen-bond donors (Lipinski definition) is 1. The lowest BCUT2D eigenvalue weighted by Gasteiger charge is -2.35. The summed E-state index contributed by atoms with van der Waals surface area (Å²) in [6.45, 7) is 2.26. The summed E-state index contributed by atoms with van der Waals surface area (Å²) in [6, 6.07) is 0. The first-order chi connectivity index (χ1) is 12.6. The van der Waals surface area contributed by atoms with Crippen molar-refractivity contribution < 1.29 is 14.3 Å². The van der Waals surface area contributed by atoms with Crippen molar-refractivity contribution in [1.29, 1.82) is 0 Å². The van der Waals surface area contributed by atoms with Crippen molar-refractivity contribution in [2.24, 2.45) is 11.7 Å². The zero-order chi connectivity index (χ0) is 19.0. The average Bonchev–Trinajstić information content (AvgIpc) is 2.61. The summed E-state index contributed by atoms with van der Waals surface area (Å²) in [5, 5.41) is 0. The number of unbranched alkanes of at least 4 members (excludes halogenated alkanes) is 12. The van der Waals surface area contributed by atoms with Crippen molar-refractivity contribution in [3.8, 4) is 0 Å². The van der Waals surface area contributed by atoms with Gasteiger partial charge in [-0.25, -0.2) is 0 Å². The molecule has 4 nitrogen and oxygen atoms in total. The second-order valence-electron chi connectivity index (χ2n) is 7.97. The van der Waals surface area contributed by atoms with E-state index in [9.17, 15) is 9.59 Å². The minimum Gasteiger partial charge on any atom is -0.461 e. The van der Waals surface area contributed by atoms with Gasteiger partial charge >= 0.3 is 5.97 Å². The number of carbonyl (C=O) groups excluding carboxylic acids is 2. The molecular weight excluding hydrogens is 326 g/mol. The van der Waals surface area contributed by atoms with Crippen LogP contribution in [0.3, 0.4) is 0 Å². The molecule has 0 saturated carbocycles. The number of nitrogens with two attached hydrogens (primary N) is 1. The molecule has 1 aliphatic rings. The van der Waals surface area contributed by atoms with Crippen molar-refractivity contribution in [3.63, 3.8) is 0 Å². The Morgan fingerprint density at radius 1 is 0.808 bits per heavy atom. The van der Waals surface area contributed by atoms with Crippen LogP contribution < -0.4 is 5.73 Å². The van der Waals surface area contributed by atoms with Crippen LogP contribution in [0.4, 0.5) is 0 Å². The molecule has 4 heteroatoms. The molecule has 0 spiro atoms. The van der Waals surface area contributed by atoms with Crippen molar-refractivity contribution >= 4 is 11.9 Å². The summed E-state index contributed by atoms with van der Waals surface area (Å²) in [7, 11) is 0. The Bertz CT molecular complexity index is 384. The second-order valence-corrected chi connectivity index (χ2v) is 7.97. The molecule has 0 aliphatic carbocycles. The molecule has 0 aromatic heterocycles. The maximum Gasteiger partial charge on any atom is 0.313 e. The lowest BCUT2D eigenvalue weighted by atomic mass is 9.87.